The third-order valence-corrected chi connectivity index (χ3v) is 6.16. The molecule has 1 aliphatic heterocycles. The topological polar surface area (TPSA) is 3.24 Å². The molecule has 0 aromatic heterocycles. The maximum Gasteiger partial charge on any atom is 0.0739 e. The van der Waals surface area contributed by atoms with Crippen molar-refractivity contribution < 1.29 is 0 Å². The van der Waals surface area contributed by atoms with Crippen LogP contribution in [0.3, 0.4) is 0 Å². The minimum Gasteiger partial charge on any atom is -0.310 e. The number of allylic oxidation sites excluding steroid dienone is 7. The van der Waals surface area contributed by atoms with Crippen LogP contribution in [0, 0.1) is 12.3 Å². The van der Waals surface area contributed by atoms with Crippen LogP contribution in [-0.2, 0) is 5.41 Å². The molecular formula is C32H27N. The van der Waals surface area contributed by atoms with Crippen molar-refractivity contribution in [3.8, 4) is 12.3 Å². The molecule has 1 heteroatoms. The quantitative estimate of drug-likeness (QED) is 0.287. The van der Waals surface area contributed by atoms with E-state index in [2.05, 4.69) is 122 Å². The van der Waals surface area contributed by atoms with Crippen molar-refractivity contribution in [1.29, 1.82) is 0 Å². The van der Waals surface area contributed by atoms with Crippen molar-refractivity contribution in [2.24, 2.45) is 0 Å². The molecule has 0 aliphatic carbocycles. The monoisotopic (exact) mass is 425 g/mol. The van der Waals surface area contributed by atoms with Gasteiger partial charge in [0.25, 0.3) is 0 Å². The highest BCUT2D eigenvalue weighted by atomic mass is 15.2. The van der Waals surface area contributed by atoms with E-state index in [4.69, 9.17) is 6.42 Å². The van der Waals surface area contributed by atoms with Crippen molar-refractivity contribution >= 4 is 11.4 Å². The van der Waals surface area contributed by atoms with Crippen molar-refractivity contribution in [1.82, 2.24) is 0 Å². The summed E-state index contributed by atoms with van der Waals surface area (Å²) in [5.41, 5.74) is 7.30. The van der Waals surface area contributed by atoms with E-state index < -0.39 is 5.41 Å². The lowest BCUT2D eigenvalue weighted by Gasteiger charge is -2.47. The van der Waals surface area contributed by atoms with Crippen LogP contribution in [0.15, 0.2) is 140 Å². The molecule has 1 nitrogen and oxygen atoms in total. The van der Waals surface area contributed by atoms with E-state index in [-0.39, 0.29) is 0 Å². The average Bonchev–Trinajstić information content (AvgIpc) is 2.88. The normalized spacial score (nSPS) is 14.8. The molecule has 33 heavy (non-hydrogen) atoms. The van der Waals surface area contributed by atoms with Crippen LogP contribution in [0.2, 0.25) is 0 Å². The van der Waals surface area contributed by atoms with Crippen LogP contribution < -0.4 is 4.90 Å². The van der Waals surface area contributed by atoms with E-state index in [0.29, 0.717) is 0 Å². The van der Waals surface area contributed by atoms with Crippen LogP contribution in [0.5, 0.6) is 0 Å². The van der Waals surface area contributed by atoms with Gasteiger partial charge in [-0.25, -0.2) is 0 Å². The fourth-order valence-electron chi connectivity index (χ4n) is 4.93. The van der Waals surface area contributed by atoms with E-state index in [1.54, 1.807) is 12.2 Å². The molecule has 0 fully saturated rings. The lowest BCUT2D eigenvalue weighted by Crippen LogP contribution is -2.38. The van der Waals surface area contributed by atoms with Gasteiger partial charge < -0.3 is 4.90 Å². The van der Waals surface area contributed by atoms with Crippen LogP contribution in [0.1, 0.15) is 23.6 Å². The molecule has 0 unspecified atom stereocenters. The van der Waals surface area contributed by atoms with Crippen molar-refractivity contribution in [3.05, 3.63) is 156 Å². The minimum absolute atomic E-state index is 0.534. The number of benzene rings is 3. The molecule has 0 saturated heterocycles. The van der Waals surface area contributed by atoms with Gasteiger partial charge in [-0.05, 0) is 65.6 Å². The first kappa shape index (κ1) is 21.9. The number of hydrogen-bond donors (Lipinski definition) is 0. The summed E-state index contributed by atoms with van der Waals surface area (Å²) in [6, 6.07) is 27.8. The SMILES string of the molecule is C#C/C=C\C(=C/C)C1(c2ccccc2)c2ccccc2N(/C(C=C)=C/C=C)c2ccccc21. The van der Waals surface area contributed by atoms with Gasteiger partial charge >= 0.3 is 0 Å². The zero-order valence-corrected chi connectivity index (χ0v) is 18.9. The summed E-state index contributed by atoms with van der Waals surface area (Å²) in [5.74, 6) is 2.68. The summed E-state index contributed by atoms with van der Waals surface area (Å²) < 4.78 is 0. The van der Waals surface area contributed by atoms with Gasteiger partial charge in [-0.3, -0.25) is 0 Å². The second-order valence-electron chi connectivity index (χ2n) is 7.76. The van der Waals surface area contributed by atoms with Gasteiger partial charge in [0, 0.05) is 5.70 Å². The van der Waals surface area contributed by atoms with Gasteiger partial charge in [-0.1, -0.05) is 98.0 Å². The smallest absolute Gasteiger partial charge is 0.0739 e. The Labute approximate surface area is 197 Å². The summed E-state index contributed by atoms with van der Waals surface area (Å²) in [5, 5.41) is 0. The number of anilines is 2. The molecular weight excluding hydrogens is 398 g/mol. The van der Waals surface area contributed by atoms with Crippen LogP contribution in [-0.4, -0.2) is 0 Å². The molecule has 0 radical (unpaired) electrons. The predicted octanol–water partition coefficient (Wildman–Crippen LogP) is 7.86. The molecule has 0 N–H and O–H groups in total. The Morgan fingerprint density at radius 1 is 0.879 bits per heavy atom. The first-order chi connectivity index (χ1) is 16.2. The van der Waals surface area contributed by atoms with E-state index in [9.17, 15) is 0 Å². The highest BCUT2D eigenvalue weighted by Crippen LogP contribution is 2.57. The molecule has 0 atom stereocenters. The molecule has 1 heterocycles. The maximum atomic E-state index is 5.65. The molecule has 0 bridgehead atoms. The maximum absolute atomic E-state index is 5.65. The Balaban J connectivity index is 2.21. The first-order valence-corrected chi connectivity index (χ1v) is 11.0. The van der Waals surface area contributed by atoms with Crippen LogP contribution in [0.4, 0.5) is 11.4 Å². The highest BCUT2D eigenvalue weighted by molar-refractivity contribution is 5.86. The number of para-hydroxylation sites is 2. The average molecular weight is 426 g/mol. The lowest BCUT2D eigenvalue weighted by atomic mass is 9.62. The lowest BCUT2D eigenvalue weighted by molar-refractivity contribution is 0.726. The third-order valence-electron chi connectivity index (χ3n) is 6.16. The molecule has 1 aliphatic rings. The number of terminal acetylenes is 1. The molecule has 3 aromatic carbocycles. The number of fused-ring (bicyclic) bond motifs is 2. The standard InChI is InChI=1S/C32H27N/c1-5-9-18-25(7-3)32(26-19-11-10-12-20-26)28-21-13-15-23-30(28)33(27(8-4)17-6-2)31-24-16-14-22-29(31)32/h1,6-24H,2,4H2,3H3/b18-9-,25-7+,27-17+. The van der Waals surface area contributed by atoms with Crippen LogP contribution in [0.25, 0.3) is 0 Å². The summed E-state index contributed by atoms with van der Waals surface area (Å²) in [6.45, 7) is 10.1. The van der Waals surface area contributed by atoms with Gasteiger partial charge in [0.1, 0.15) is 0 Å². The van der Waals surface area contributed by atoms with Gasteiger partial charge in [-0.2, -0.15) is 0 Å². The molecule has 0 spiro atoms. The molecule has 160 valence electrons. The number of hydrogen-bond acceptors (Lipinski definition) is 1. The molecule has 0 saturated carbocycles. The largest absolute Gasteiger partial charge is 0.310 e. The van der Waals surface area contributed by atoms with Gasteiger partial charge in [0.15, 0.2) is 0 Å². The van der Waals surface area contributed by atoms with Crippen molar-refractivity contribution in [2.45, 2.75) is 12.3 Å². The van der Waals surface area contributed by atoms with E-state index in [1.807, 2.05) is 12.2 Å². The predicted molar refractivity (Wildman–Crippen MR) is 142 cm³/mol. The Kier molecular flexibility index (Phi) is 6.29. The molecule has 0 amide bonds. The Morgan fingerprint density at radius 2 is 1.45 bits per heavy atom. The Hall–Kier alpha value is -4.28. The fourth-order valence-corrected chi connectivity index (χ4v) is 4.93. The first-order valence-electron chi connectivity index (χ1n) is 11.0. The number of nitrogens with zero attached hydrogens (tertiary/aromatic N) is 1. The van der Waals surface area contributed by atoms with Gasteiger partial charge in [-0.15, -0.1) is 6.42 Å². The zero-order chi connectivity index (χ0) is 23.3. The van der Waals surface area contributed by atoms with Gasteiger partial charge in [0.2, 0.25) is 0 Å². The van der Waals surface area contributed by atoms with Crippen LogP contribution >= 0.6 is 0 Å². The fraction of sp³-hybridized carbons (Fsp3) is 0.0625. The van der Waals surface area contributed by atoms with E-state index in [0.717, 1.165) is 22.6 Å². The summed E-state index contributed by atoms with van der Waals surface area (Å²) >= 11 is 0. The Bertz CT molecular complexity index is 1260. The summed E-state index contributed by atoms with van der Waals surface area (Å²) in [7, 11) is 0. The minimum atomic E-state index is -0.534. The summed E-state index contributed by atoms with van der Waals surface area (Å²) in [4.78, 5) is 2.26. The second-order valence-corrected chi connectivity index (χ2v) is 7.76. The zero-order valence-electron chi connectivity index (χ0n) is 18.9. The molecule has 3 aromatic rings. The Morgan fingerprint density at radius 3 is 1.97 bits per heavy atom. The number of rotatable bonds is 6. The van der Waals surface area contributed by atoms with Gasteiger partial charge in [0.05, 0.1) is 16.8 Å². The highest BCUT2D eigenvalue weighted by Gasteiger charge is 2.46. The molecule has 4 rings (SSSR count). The van der Waals surface area contributed by atoms with Crippen molar-refractivity contribution in [3.63, 3.8) is 0 Å². The van der Waals surface area contributed by atoms with E-state index >= 15 is 0 Å². The van der Waals surface area contributed by atoms with Crippen molar-refractivity contribution in [2.75, 3.05) is 4.90 Å². The van der Waals surface area contributed by atoms with E-state index in [1.165, 1.54) is 16.7 Å². The second kappa shape index (κ2) is 9.47. The third kappa shape index (κ3) is 3.47. The summed E-state index contributed by atoms with van der Waals surface area (Å²) in [6.07, 6.45) is 17.3.